The van der Waals surface area contributed by atoms with Gasteiger partial charge in [-0.3, -0.25) is 0 Å². The van der Waals surface area contributed by atoms with E-state index in [0.717, 1.165) is 54.0 Å². The Balaban J connectivity index is 0. The van der Waals surface area contributed by atoms with Crippen LogP contribution in [0.25, 0.3) is 0 Å². The van der Waals surface area contributed by atoms with Crippen molar-refractivity contribution in [1.29, 1.82) is 0 Å². The van der Waals surface area contributed by atoms with Gasteiger partial charge in [-0.1, -0.05) is 0 Å². The van der Waals surface area contributed by atoms with Crippen LogP contribution < -0.4 is 52.7 Å². The van der Waals surface area contributed by atoms with Crippen molar-refractivity contribution in [2.75, 3.05) is 40.3 Å². The Morgan fingerprint density at radius 3 is 1.69 bits per heavy atom. The van der Waals surface area contributed by atoms with Gasteiger partial charge < -0.3 is 61.7 Å². The molecule has 3 nitrogen and oxygen atoms in total. The van der Waals surface area contributed by atoms with E-state index >= 15 is 0 Å². The third kappa shape index (κ3) is 8.61. The van der Waals surface area contributed by atoms with Crippen LogP contribution in [-0.2, 0) is 13.1 Å². The largest absolute Gasteiger partial charge is 1.00 e. The van der Waals surface area contributed by atoms with E-state index in [-0.39, 0.29) is 54.1 Å². The zero-order chi connectivity index (χ0) is 18.4. The Morgan fingerprint density at radius 1 is 0.808 bits per heavy atom. The van der Waals surface area contributed by atoms with Crippen molar-refractivity contribution in [3.05, 3.63) is 29.3 Å². The first-order chi connectivity index (χ1) is 11.2. The Labute approximate surface area is 196 Å². The van der Waals surface area contributed by atoms with Gasteiger partial charge in [-0.2, -0.15) is 0 Å². The number of nitrogens with zero attached hydrogens (tertiary/aromatic N) is 2. The smallest absolute Gasteiger partial charge is 0.128 e. The van der Waals surface area contributed by atoms with Crippen molar-refractivity contribution in [2.45, 2.75) is 60.7 Å². The monoisotopic (exact) mass is 590 g/mol. The minimum Gasteiger partial charge on any atom is -1.00 e. The second-order valence-corrected chi connectivity index (χ2v) is 7.93. The van der Waals surface area contributed by atoms with Crippen molar-refractivity contribution in [2.24, 2.45) is 0 Å². The maximum Gasteiger partial charge on any atom is 0.128 e. The van der Waals surface area contributed by atoms with E-state index in [0.29, 0.717) is 0 Å². The lowest BCUT2D eigenvalue weighted by molar-refractivity contribution is -0.919. The number of halogens is 2. The summed E-state index contributed by atoms with van der Waals surface area (Å²) in [7, 11) is 4.68. The number of ether oxygens (including phenoxy) is 1. The maximum atomic E-state index is 6.10. The lowest BCUT2D eigenvalue weighted by Crippen LogP contribution is -3.00. The quantitative estimate of drug-likeness (QED) is 0.237. The molecule has 0 bridgehead atoms. The molecule has 5 heteroatoms. The summed E-state index contributed by atoms with van der Waals surface area (Å²) in [4.78, 5) is 0. The number of rotatable bonds is 10. The van der Waals surface area contributed by atoms with Crippen LogP contribution in [0, 0.1) is 0 Å². The molecule has 26 heavy (non-hydrogen) atoms. The molecule has 0 fully saturated rings. The van der Waals surface area contributed by atoms with E-state index in [1.165, 1.54) is 11.1 Å². The summed E-state index contributed by atoms with van der Waals surface area (Å²) in [5.41, 5.74) is 2.78. The fraction of sp³-hybridized carbons (Fsp3) is 0.714. The van der Waals surface area contributed by atoms with Crippen LogP contribution >= 0.6 is 0 Å². The number of quaternary nitrogens is 2. The molecular formula is C21H40I2N2O. The Kier molecular flexibility index (Phi) is 14.1. The van der Waals surface area contributed by atoms with Crippen molar-refractivity contribution < 1.29 is 61.7 Å². The lowest BCUT2D eigenvalue weighted by Gasteiger charge is -2.34. The molecule has 0 N–H and O–H groups in total. The van der Waals surface area contributed by atoms with E-state index in [1.807, 2.05) is 0 Å². The van der Waals surface area contributed by atoms with E-state index < -0.39 is 0 Å². The van der Waals surface area contributed by atoms with Gasteiger partial charge in [0.05, 0.1) is 46.4 Å². The fourth-order valence-electron chi connectivity index (χ4n) is 2.97. The van der Waals surface area contributed by atoms with Crippen molar-refractivity contribution in [1.82, 2.24) is 0 Å². The molecular weight excluding hydrogens is 550 g/mol. The molecule has 1 rings (SSSR count). The lowest BCUT2D eigenvalue weighted by atomic mass is 10.1. The van der Waals surface area contributed by atoms with Crippen LogP contribution in [-0.4, -0.2) is 55.3 Å². The molecule has 0 radical (unpaired) electrons. The molecule has 0 aliphatic heterocycles. The summed E-state index contributed by atoms with van der Waals surface area (Å²) in [6.07, 6.45) is 0.212. The SMILES string of the molecule is CC[N+](C)(CC)Cc1ccc(OC(C)C)c(C[N+](C)(CC)CC)c1.[I-].[I-]. The highest BCUT2D eigenvalue weighted by molar-refractivity contribution is 5.37. The molecule has 1 aromatic rings. The molecule has 0 saturated heterocycles. The topological polar surface area (TPSA) is 9.23 Å². The predicted molar refractivity (Wildman–Crippen MR) is 104 cm³/mol. The third-order valence-corrected chi connectivity index (χ3v) is 5.66. The molecule has 0 spiro atoms. The zero-order valence-corrected chi connectivity index (χ0v) is 22.4. The van der Waals surface area contributed by atoms with Crippen LogP contribution in [0.4, 0.5) is 0 Å². The van der Waals surface area contributed by atoms with Gasteiger partial charge in [-0.15, -0.1) is 0 Å². The van der Waals surface area contributed by atoms with Gasteiger partial charge in [0, 0.05) is 11.1 Å². The van der Waals surface area contributed by atoms with Gasteiger partial charge in [0.25, 0.3) is 0 Å². The van der Waals surface area contributed by atoms with Crippen LogP contribution in [0.3, 0.4) is 0 Å². The van der Waals surface area contributed by atoms with Crippen LogP contribution in [0.1, 0.15) is 52.7 Å². The number of hydrogen-bond acceptors (Lipinski definition) is 1. The summed E-state index contributed by atoms with van der Waals surface area (Å²) >= 11 is 0. The van der Waals surface area contributed by atoms with Crippen molar-refractivity contribution in [3.63, 3.8) is 0 Å². The molecule has 0 amide bonds. The summed E-state index contributed by atoms with van der Waals surface area (Å²) in [6.45, 7) is 20.0. The molecule has 0 aliphatic carbocycles. The van der Waals surface area contributed by atoms with Gasteiger partial charge in [0.2, 0.25) is 0 Å². The average Bonchev–Trinajstić information content (AvgIpc) is 2.56. The predicted octanol–water partition coefficient (Wildman–Crippen LogP) is -1.55. The summed E-state index contributed by atoms with van der Waals surface area (Å²) < 4.78 is 8.23. The van der Waals surface area contributed by atoms with E-state index in [2.05, 4.69) is 73.8 Å². The standard InChI is InChI=1S/C21H40N2O.2HI/c1-9-22(7,10-2)16-19-13-14-21(24-18(5)6)20(15-19)17-23(8,11-3)12-4;;/h13-15,18H,9-12,16-17H2,1-8H3;2*1H/q+2;;/p-2. The van der Waals surface area contributed by atoms with Gasteiger partial charge in [0.15, 0.2) is 0 Å². The highest BCUT2D eigenvalue weighted by Gasteiger charge is 2.23. The maximum absolute atomic E-state index is 6.10. The van der Waals surface area contributed by atoms with Crippen LogP contribution in [0.5, 0.6) is 5.75 Å². The first-order valence-corrected chi connectivity index (χ1v) is 9.66. The van der Waals surface area contributed by atoms with Gasteiger partial charge >= 0.3 is 0 Å². The Hall–Kier alpha value is 0.400. The normalized spacial score (nSPS) is 11.7. The summed E-state index contributed by atoms with van der Waals surface area (Å²) in [5, 5.41) is 0. The first kappa shape index (κ1) is 28.6. The molecule has 0 atom stereocenters. The van der Waals surface area contributed by atoms with Crippen molar-refractivity contribution in [3.8, 4) is 5.75 Å². The third-order valence-electron chi connectivity index (χ3n) is 5.66. The molecule has 0 aliphatic rings. The minimum absolute atomic E-state index is 0. The Morgan fingerprint density at radius 2 is 1.27 bits per heavy atom. The van der Waals surface area contributed by atoms with E-state index in [4.69, 9.17) is 4.74 Å². The molecule has 0 heterocycles. The first-order valence-electron chi connectivity index (χ1n) is 9.66. The summed E-state index contributed by atoms with van der Waals surface area (Å²) in [6, 6.07) is 6.84. The number of hydrogen-bond donors (Lipinski definition) is 0. The van der Waals surface area contributed by atoms with Gasteiger partial charge in [0.1, 0.15) is 18.8 Å². The molecule has 1 aromatic carbocycles. The summed E-state index contributed by atoms with van der Waals surface area (Å²) in [5.74, 6) is 1.06. The minimum atomic E-state index is 0. The number of benzene rings is 1. The molecule has 0 saturated carbocycles. The average molecular weight is 590 g/mol. The second kappa shape index (κ2) is 12.8. The molecule has 154 valence electrons. The van der Waals surface area contributed by atoms with E-state index in [9.17, 15) is 0 Å². The highest BCUT2D eigenvalue weighted by atomic mass is 127. The fourth-order valence-corrected chi connectivity index (χ4v) is 2.97. The molecule has 0 aromatic heterocycles. The second-order valence-electron chi connectivity index (χ2n) is 7.93. The highest BCUT2D eigenvalue weighted by Crippen LogP contribution is 2.26. The van der Waals surface area contributed by atoms with Gasteiger partial charge in [-0.25, -0.2) is 0 Å². The van der Waals surface area contributed by atoms with Crippen molar-refractivity contribution >= 4 is 0 Å². The van der Waals surface area contributed by atoms with Crippen LogP contribution in [0.2, 0.25) is 0 Å². The van der Waals surface area contributed by atoms with E-state index in [1.54, 1.807) is 0 Å². The Bertz CT molecular complexity index is 513. The zero-order valence-electron chi connectivity index (χ0n) is 18.1. The van der Waals surface area contributed by atoms with Crippen LogP contribution in [0.15, 0.2) is 18.2 Å². The molecule has 0 unspecified atom stereocenters. The van der Waals surface area contributed by atoms with Gasteiger partial charge in [-0.05, 0) is 59.7 Å².